The molecule has 14 heavy (non-hydrogen) atoms. The Bertz CT molecular complexity index is 517. The van der Waals surface area contributed by atoms with Gasteiger partial charge in [-0.15, -0.1) is 0 Å². The summed E-state index contributed by atoms with van der Waals surface area (Å²) in [6.45, 7) is 0. The van der Waals surface area contributed by atoms with Crippen LogP contribution in [0.2, 0.25) is 0 Å². The number of halogens is 1. The predicted octanol–water partition coefficient (Wildman–Crippen LogP) is 1.22. The molecule has 3 N–H and O–H groups in total. The zero-order valence-corrected chi connectivity index (χ0v) is 9.11. The largest absolute Gasteiger partial charge is 0.380 e. The Morgan fingerprint density at radius 2 is 2.29 bits per heavy atom. The van der Waals surface area contributed by atoms with E-state index in [-0.39, 0.29) is 5.56 Å². The minimum Gasteiger partial charge on any atom is -0.380 e. The molecule has 0 aliphatic carbocycles. The zero-order chi connectivity index (χ0) is 10.1. The average Bonchev–Trinajstić information content (AvgIpc) is 2.48. The van der Waals surface area contributed by atoms with E-state index < -0.39 is 0 Å². The van der Waals surface area contributed by atoms with Crippen molar-refractivity contribution in [1.82, 2.24) is 10.1 Å². The molecule has 0 unspecified atom stereocenters. The van der Waals surface area contributed by atoms with Crippen molar-refractivity contribution in [2.75, 3.05) is 5.73 Å². The second-order valence-corrected chi connectivity index (χ2v) is 3.72. The lowest BCUT2D eigenvalue weighted by Gasteiger charge is -1.94. The van der Waals surface area contributed by atoms with Crippen LogP contribution in [0.5, 0.6) is 0 Å². The third-order valence-corrected chi connectivity index (χ3v) is 2.72. The van der Waals surface area contributed by atoms with Crippen LogP contribution in [0.25, 0.3) is 11.5 Å². The number of pyridine rings is 1. The van der Waals surface area contributed by atoms with Gasteiger partial charge in [0.25, 0.3) is 0 Å². The summed E-state index contributed by atoms with van der Waals surface area (Å²) in [7, 11) is 0. The van der Waals surface area contributed by atoms with Gasteiger partial charge in [-0.1, -0.05) is 11.2 Å². The normalized spacial score (nSPS) is 10.4. The smallest absolute Gasteiger partial charge is 0.248 e. The lowest BCUT2D eigenvalue weighted by atomic mass is 10.3. The van der Waals surface area contributed by atoms with Gasteiger partial charge in [-0.25, -0.2) is 0 Å². The number of nitrogens with two attached hydrogens (primary N) is 1. The predicted molar refractivity (Wildman–Crippen MR) is 59.7 cm³/mol. The summed E-state index contributed by atoms with van der Waals surface area (Å²) in [4.78, 5) is 13.7. The Morgan fingerprint density at radius 3 is 2.86 bits per heavy atom. The number of hydrogen-bond acceptors (Lipinski definition) is 4. The first-order valence-electron chi connectivity index (χ1n) is 3.79. The van der Waals surface area contributed by atoms with Crippen molar-refractivity contribution in [3.63, 3.8) is 0 Å². The molecular formula is C8H6IN3O2. The first kappa shape index (κ1) is 9.25. The maximum atomic E-state index is 11.0. The van der Waals surface area contributed by atoms with E-state index in [0.29, 0.717) is 20.8 Å². The van der Waals surface area contributed by atoms with Gasteiger partial charge in [-0.05, 0) is 28.7 Å². The van der Waals surface area contributed by atoms with Crippen LogP contribution in [-0.4, -0.2) is 10.1 Å². The van der Waals surface area contributed by atoms with Gasteiger partial charge in [-0.2, -0.15) is 0 Å². The molecule has 0 aromatic carbocycles. The number of nitrogens with zero attached hydrogens (tertiary/aromatic N) is 1. The minimum absolute atomic E-state index is 0.187. The molecule has 2 aromatic rings. The highest BCUT2D eigenvalue weighted by Crippen LogP contribution is 2.26. The highest BCUT2D eigenvalue weighted by atomic mass is 127. The molecule has 0 saturated heterocycles. The molecule has 2 aromatic heterocycles. The summed E-state index contributed by atoms with van der Waals surface area (Å²) in [5.74, 6) is 0.811. The number of anilines is 1. The summed E-state index contributed by atoms with van der Waals surface area (Å²) < 4.78 is 5.68. The van der Waals surface area contributed by atoms with Crippen LogP contribution in [0.3, 0.4) is 0 Å². The second kappa shape index (κ2) is 3.45. The van der Waals surface area contributed by atoms with Crippen LogP contribution in [0.15, 0.2) is 27.5 Å². The molecule has 2 rings (SSSR count). The van der Waals surface area contributed by atoms with E-state index in [0.717, 1.165) is 0 Å². The van der Waals surface area contributed by atoms with Crippen molar-refractivity contribution in [2.24, 2.45) is 0 Å². The maximum Gasteiger partial charge on any atom is 0.248 e. The van der Waals surface area contributed by atoms with Crippen LogP contribution in [0.1, 0.15) is 0 Å². The van der Waals surface area contributed by atoms with Crippen LogP contribution in [-0.2, 0) is 0 Å². The first-order valence-corrected chi connectivity index (χ1v) is 4.86. The Hall–Kier alpha value is -1.31. The van der Waals surface area contributed by atoms with Crippen molar-refractivity contribution in [3.05, 3.63) is 32.1 Å². The monoisotopic (exact) mass is 303 g/mol. The number of aromatic nitrogens is 2. The van der Waals surface area contributed by atoms with Gasteiger partial charge in [-0.3, -0.25) is 4.79 Å². The highest BCUT2D eigenvalue weighted by Gasteiger charge is 2.13. The number of hydrogen-bond donors (Lipinski definition) is 2. The van der Waals surface area contributed by atoms with Gasteiger partial charge < -0.3 is 15.2 Å². The molecule has 5 nitrogen and oxygen atoms in total. The van der Waals surface area contributed by atoms with E-state index in [9.17, 15) is 4.79 Å². The van der Waals surface area contributed by atoms with Crippen LogP contribution in [0.4, 0.5) is 5.82 Å². The fourth-order valence-corrected chi connectivity index (χ4v) is 1.53. The zero-order valence-electron chi connectivity index (χ0n) is 6.95. The Kier molecular flexibility index (Phi) is 2.28. The van der Waals surface area contributed by atoms with Gasteiger partial charge in [0, 0.05) is 6.07 Å². The Balaban J connectivity index is 2.60. The SMILES string of the molecule is Nc1noc(-c2cccc(=O)[nH]2)c1I. The number of nitrogens with one attached hydrogen (secondary N) is 1. The molecule has 0 atom stereocenters. The van der Waals surface area contributed by atoms with E-state index in [2.05, 4.69) is 10.1 Å². The van der Waals surface area contributed by atoms with E-state index >= 15 is 0 Å². The molecule has 0 saturated carbocycles. The average molecular weight is 303 g/mol. The molecule has 0 aliphatic heterocycles. The molecule has 0 amide bonds. The quantitative estimate of drug-likeness (QED) is 0.776. The number of H-pyrrole nitrogens is 1. The lowest BCUT2D eigenvalue weighted by molar-refractivity contribution is 0.434. The molecule has 0 fully saturated rings. The second-order valence-electron chi connectivity index (χ2n) is 2.64. The van der Waals surface area contributed by atoms with Gasteiger partial charge >= 0.3 is 0 Å². The topological polar surface area (TPSA) is 84.9 Å². The summed E-state index contributed by atoms with van der Waals surface area (Å²) in [5.41, 5.74) is 5.90. The molecule has 0 radical (unpaired) electrons. The molecule has 2 heterocycles. The minimum atomic E-state index is -0.187. The third kappa shape index (κ3) is 1.52. The van der Waals surface area contributed by atoms with Gasteiger partial charge in [0.1, 0.15) is 3.57 Å². The van der Waals surface area contributed by atoms with Crippen molar-refractivity contribution >= 4 is 28.4 Å². The molecule has 6 heteroatoms. The van der Waals surface area contributed by atoms with E-state index in [1.807, 2.05) is 22.6 Å². The molecule has 0 spiro atoms. The molecule has 0 bridgehead atoms. The van der Waals surface area contributed by atoms with Crippen molar-refractivity contribution in [1.29, 1.82) is 0 Å². The molecular weight excluding hydrogens is 297 g/mol. The van der Waals surface area contributed by atoms with Crippen LogP contribution in [0, 0.1) is 3.57 Å². The molecule has 72 valence electrons. The van der Waals surface area contributed by atoms with Crippen LogP contribution >= 0.6 is 22.6 Å². The Morgan fingerprint density at radius 1 is 1.50 bits per heavy atom. The van der Waals surface area contributed by atoms with E-state index in [4.69, 9.17) is 10.3 Å². The van der Waals surface area contributed by atoms with Crippen molar-refractivity contribution in [3.8, 4) is 11.5 Å². The third-order valence-electron chi connectivity index (χ3n) is 1.67. The summed E-state index contributed by atoms with van der Waals surface area (Å²) in [6.07, 6.45) is 0. The number of rotatable bonds is 1. The maximum absolute atomic E-state index is 11.0. The fourth-order valence-electron chi connectivity index (χ4n) is 1.04. The number of aromatic amines is 1. The Labute approximate surface area is 92.4 Å². The van der Waals surface area contributed by atoms with Crippen molar-refractivity contribution < 1.29 is 4.52 Å². The van der Waals surface area contributed by atoms with E-state index in [1.54, 1.807) is 12.1 Å². The summed E-state index contributed by atoms with van der Waals surface area (Å²) in [6, 6.07) is 4.79. The molecule has 0 aliphatic rings. The summed E-state index contributed by atoms with van der Waals surface area (Å²) >= 11 is 2.01. The lowest BCUT2D eigenvalue weighted by Crippen LogP contribution is -2.03. The fraction of sp³-hybridized carbons (Fsp3) is 0. The van der Waals surface area contributed by atoms with Gasteiger partial charge in [0.05, 0.1) is 5.69 Å². The standard InChI is InChI=1S/C8H6IN3O2/c9-6-7(14-12-8(6)10)4-2-1-3-5(13)11-4/h1-3H,(H2,10,12)(H,11,13). The van der Waals surface area contributed by atoms with Crippen molar-refractivity contribution in [2.45, 2.75) is 0 Å². The summed E-state index contributed by atoms with van der Waals surface area (Å²) in [5, 5.41) is 3.60. The highest BCUT2D eigenvalue weighted by molar-refractivity contribution is 14.1. The van der Waals surface area contributed by atoms with Crippen LogP contribution < -0.4 is 11.3 Å². The van der Waals surface area contributed by atoms with E-state index in [1.165, 1.54) is 6.07 Å². The van der Waals surface area contributed by atoms with Gasteiger partial charge in [0.2, 0.25) is 5.56 Å². The van der Waals surface area contributed by atoms with Gasteiger partial charge in [0.15, 0.2) is 11.6 Å². The number of nitrogen functional groups attached to an aromatic ring is 1. The first-order chi connectivity index (χ1) is 6.68.